The van der Waals surface area contributed by atoms with Gasteiger partial charge in [0.1, 0.15) is 11.6 Å². The summed E-state index contributed by atoms with van der Waals surface area (Å²) < 4.78 is 5.72. The van der Waals surface area contributed by atoms with Crippen LogP contribution in [0.25, 0.3) is 0 Å². The molecule has 2 fully saturated rings. The highest BCUT2D eigenvalue weighted by Gasteiger charge is 2.25. The molecule has 2 N–H and O–H groups in total. The number of nitrogens with one attached hydrogen (secondary N) is 2. The Balaban J connectivity index is 0.00000289. The highest BCUT2D eigenvalue weighted by molar-refractivity contribution is 14.0. The zero-order valence-corrected chi connectivity index (χ0v) is 21.5. The second kappa shape index (κ2) is 12.4. The lowest BCUT2D eigenvalue weighted by Crippen LogP contribution is -2.45. The predicted molar refractivity (Wildman–Crippen MR) is 140 cm³/mol. The number of hydrogen-bond acceptors (Lipinski definition) is 6. The molecule has 0 aliphatic carbocycles. The number of rotatable bonds is 7. The summed E-state index contributed by atoms with van der Waals surface area (Å²) in [5.41, 5.74) is 1.20. The third-order valence-electron chi connectivity index (χ3n) is 6.24. The lowest BCUT2D eigenvalue weighted by molar-refractivity contribution is 0.215. The van der Waals surface area contributed by atoms with E-state index in [1.165, 1.54) is 18.4 Å². The van der Waals surface area contributed by atoms with Crippen LogP contribution in [-0.4, -0.2) is 80.7 Å². The molecule has 2 aliphatic heterocycles. The Morgan fingerprint density at radius 1 is 1.12 bits per heavy atom. The first-order chi connectivity index (χ1) is 15.2. The number of nitrogens with zero attached hydrogens (tertiary/aromatic N) is 5. The molecular formula is C23H36IN7O. The maximum absolute atomic E-state index is 5.72. The lowest BCUT2D eigenvalue weighted by atomic mass is 10.2. The van der Waals surface area contributed by atoms with Gasteiger partial charge in [-0.2, -0.15) is 0 Å². The minimum Gasteiger partial charge on any atom is -0.468 e. The third kappa shape index (κ3) is 6.58. The quantitative estimate of drug-likeness (QED) is 0.310. The fourth-order valence-electron chi connectivity index (χ4n) is 4.32. The fraction of sp³-hybridized carbons (Fsp3) is 0.565. The topological polar surface area (TPSA) is 72.2 Å². The minimum atomic E-state index is 0. The van der Waals surface area contributed by atoms with Gasteiger partial charge in [-0.1, -0.05) is 0 Å². The smallest absolute Gasteiger partial charge is 0.191 e. The van der Waals surface area contributed by atoms with Gasteiger partial charge in [-0.25, -0.2) is 4.98 Å². The molecule has 4 rings (SSSR count). The molecule has 0 saturated carbocycles. The predicted octanol–water partition coefficient (Wildman–Crippen LogP) is 2.55. The maximum atomic E-state index is 5.72. The molecule has 0 amide bonds. The molecule has 4 heterocycles. The Bertz CT molecular complexity index is 831. The van der Waals surface area contributed by atoms with Crippen LogP contribution in [0, 0.1) is 0 Å². The normalized spacial score (nSPS) is 18.9. The van der Waals surface area contributed by atoms with Crippen LogP contribution < -0.4 is 15.5 Å². The van der Waals surface area contributed by atoms with Crippen molar-refractivity contribution in [1.29, 1.82) is 0 Å². The average Bonchev–Trinajstić information content (AvgIpc) is 3.52. The van der Waals surface area contributed by atoms with Gasteiger partial charge in [-0.05, 0) is 62.8 Å². The van der Waals surface area contributed by atoms with Crippen molar-refractivity contribution in [2.75, 3.05) is 64.8 Å². The number of aliphatic imine (C=N–C) groups is 1. The van der Waals surface area contributed by atoms with Gasteiger partial charge in [-0.15, -0.1) is 24.0 Å². The highest BCUT2D eigenvalue weighted by Crippen LogP contribution is 2.24. The van der Waals surface area contributed by atoms with Gasteiger partial charge in [0.2, 0.25) is 0 Å². The number of likely N-dealkylation sites (tertiary alicyclic amines) is 1. The number of pyridine rings is 1. The van der Waals surface area contributed by atoms with Gasteiger partial charge < -0.3 is 24.9 Å². The number of likely N-dealkylation sites (N-methyl/N-ethyl adjacent to an activating group) is 1. The standard InChI is InChI=1S/C23H35N7O.HI/c1-24-23(27-18-20(21-6-5-15-31-21)29-9-3-4-10-29)26-17-19-7-8-25-22(16-19)30-13-11-28(2)12-14-30;/h5-8,15-16,20H,3-4,9-14,17-18H2,1-2H3,(H2,24,26,27);1H. The summed E-state index contributed by atoms with van der Waals surface area (Å²) in [7, 11) is 3.99. The summed E-state index contributed by atoms with van der Waals surface area (Å²) in [6, 6.07) is 8.50. The van der Waals surface area contributed by atoms with Crippen LogP contribution in [0.5, 0.6) is 0 Å². The number of guanidine groups is 1. The largest absolute Gasteiger partial charge is 0.468 e. The summed E-state index contributed by atoms with van der Waals surface area (Å²) in [5, 5.41) is 6.94. The van der Waals surface area contributed by atoms with E-state index in [0.29, 0.717) is 6.54 Å². The summed E-state index contributed by atoms with van der Waals surface area (Å²) in [5.74, 6) is 2.87. The first-order valence-corrected chi connectivity index (χ1v) is 11.3. The van der Waals surface area contributed by atoms with Crippen molar-refractivity contribution in [1.82, 2.24) is 25.4 Å². The van der Waals surface area contributed by atoms with Gasteiger partial charge in [-0.3, -0.25) is 9.89 Å². The zero-order valence-electron chi connectivity index (χ0n) is 19.2. The molecule has 0 aromatic carbocycles. The second-order valence-corrected chi connectivity index (χ2v) is 8.39. The lowest BCUT2D eigenvalue weighted by Gasteiger charge is -2.33. The molecule has 176 valence electrons. The van der Waals surface area contributed by atoms with Gasteiger partial charge >= 0.3 is 0 Å². The Kier molecular flexibility index (Phi) is 9.61. The van der Waals surface area contributed by atoms with E-state index in [9.17, 15) is 0 Å². The van der Waals surface area contributed by atoms with Crippen molar-refractivity contribution < 1.29 is 4.42 Å². The first kappa shape index (κ1) is 24.8. The van der Waals surface area contributed by atoms with Crippen LogP contribution in [0.2, 0.25) is 0 Å². The monoisotopic (exact) mass is 553 g/mol. The van der Waals surface area contributed by atoms with Gasteiger partial charge in [0.25, 0.3) is 0 Å². The molecule has 0 bridgehead atoms. The summed E-state index contributed by atoms with van der Waals surface area (Å²) in [4.78, 5) is 16.2. The molecule has 0 radical (unpaired) electrons. The van der Waals surface area contributed by atoms with Crippen LogP contribution in [0.4, 0.5) is 5.82 Å². The zero-order chi connectivity index (χ0) is 21.5. The first-order valence-electron chi connectivity index (χ1n) is 11.3. The Hall–Kier alpha value is -1.85. The average molecular weight is 553 g/mol. The summed E-state index contributed by atoms with van der Waals surface area (Å²) in [6.07, 6.45) is 6.16. The summed E-state index contributed by atoms with van der Waals surface area (Å²) in [6.45, 7) is 7.90. The molecular weight excluding hydrogens is 517 g/mol. The van der Waals surface area contributed by atoms with E-state index in [0.717, 1.165) is 63.4 Å². The van der Waals surface area contributed by atoms with E-state index >= 15 is 0 Å². The second-order valence-electron chi connectivity index (χ2n) is 8.39. The molecule has 32 heavy (non-hydrogen) atoms. The van der Waals surface area contributed by atoms with Gasteiger partial charge in [0.05, 0.1) is 12.3 Å². The van der Waals surface area contributed by atoms with Crippen LogP contribution in [0.15, 0.2) is 46.1 Å². The maximum Gasteiger partial charge on any atom is 0.191 e. The summed E-state index contributed by atoms with van der Waals surface area (Å²) >= 11 is 0. The van der Waals surface area contributed by atoms with Crippen molar-refractivity contribution in [2.24, 2.45) is 4.99 Å². The minimum absolute atomic E-state index is 0. The molecule has 9 heteroatoms. The van der Waals surface area contributed by atoms with Crippen LogP contribution in [-0.2, 0) is 6.54 Å². The molecule has 1 unspecified atom stereocenters. The van der Waals surface area contributed by atoms with E-state index in [4.69, 9.17) is 4.42 Å². The van der Waals surface area contributed by atoms with Crippen molar-refractivity contribution in [3.8, 4) is 0 Å². The Labute approximate surface area is 208 Å². The molecule has 0 spiro atoms. The van der Waals surface area contributed by atoms with Crippen LogP contribution in [0.1, 0.15) is 30.2 Å². The van der Waals surface area contributed by atoms with E-state index in [1.54, 1.807) is 6.26 Å². The molecule has 8 nitrogen and oxygen atoms in total. The van der Waals surface area contributed by atoms with Gasteiger partial charge in [0, 0.05) is 52.5 Å². The van der Waals surface area contributed by atoms with Crippen LogP contribution in [0.3, 0.4) is 0 Å². The van der Waals surface area contributed by atoms with E-state index in [2.05, 4.69) is 60.6 Å². The van der Waals surface area contributed by atoms with E-state index in [1.807, 2.05) is 19.3 Å². The third-order valence-corrected chi connectivity index (χ3v) is 6.24. The van der Waals surface area contributed by atoms with Crippen LogP contribution >= 0.6 is 24.0 Å². The number of anilines is 1. The molecule has 2 aromatic rings. The number of halogens is 1. The Morgan fingerprint density at radius 2 is 1.91 bits per heavy atom. The fourth-order valence-corrected chi connectivity index (χ4v) is 4.32. The number of piperazine rings is 1. The van der Waals surface area contributed by atoms with Gasteiger partial charge in [0.15, 0.2) is 5.96 Å². The Morgan fingerprint density at radius 3 is 2.59 bits per heavy atom. The van der Waals surface area contributed by atoms with Crippen molar-refractivity contribution >= 4 is 35.8 Å². The molecule has 2 aliphatic rings. The number of furan rings is 1. The molecule has 1 atom stereocenters. The van der Waals surface area contributed by atoms with E-state index in [-0.39, 0.29) is 30.0 Å². The SMILES string of the molecule is CN=C(NCc1ccnc(N2CCN(C)CC2)c1)NCC(c1ccco1)N1CCCC1.I. The molecule has 2 aromatic heterocycles. The molecule has 2 saturated heterocycles. The number of hydrogen-bond donors (Lipinski definition) is 2. The van der Waals surface area contributed by atoms with E-state index < -0.39 is 0 Å². The van der Waals surface area contributed by atoms with Crippen molar-refractivity contribution in [2.45, 2.75) is 25.4 Å². The number of aromatic nitrogens is 1. The van der Waals surface area contributed by atoms with Crippen molar-refractivity contribution in [3.05, 3.63) is 48.0 Å². The highest BCUT2D eigenvalue weighted by atomic mass is 127. The van der Waals surface area contributed by atoms with Crippen molar-refractivity contribution in [3.63, 3.8) is 0 Å².